The van der Waals surface area contributed by atoms with Crippen molar-refractivity contribution in [1.29, 1.82) is 0 Å². The van der Waals surface area contributed by atoms with Crippen molar-refractivity contribution < 1.29 is 0 Å². The second-order valence-corrected chi connectivity index (χ2v) is 7.18. The van der Waals surface area contributed by atoms with E-state index in [-0.39, 0.29) is 0 Å². The first-order valence-corrected chi connectivity index (χ1v) is 9.28. The molecule has 0 rings (SSSR count). The molecule has 0 saturated heterocycles. The van der Waals surface area contributed by atoms with E-state index in [4.69, 9.17) is 0 Å². The van der Waals surface area contributed by atoms with Crippen molar-refractivity contribution in [2.45, 2.75) is 75.1 Å². The molecule has 0 aliphatic heterocycles. The molecule has 0 saturated carbocycles. The molecule has 0 heterocycles. The smallest absolute Gasteiger partial charge is 0.0110 e. The van der Waals surface area contributed by atoms with E-state index < -0.39 is 0 Å². The first kappa shape index (κ1) is 16.5. The highest BCUT2D eigenvalue weighted by Crippen LogP contribution is 2.18. The predicted octanol–water partition coefficient (Wildman–Crippen LogP) is 6.15. The zero-order chi connectivity index (χ0) is 11.4. The van der Waals surface area contributed by atoms with E-state index in [1.807, 2.05) is 0 Å². The second-order valence-electron chi connectivity index (χ2n) is 4.34. The minimum absolute atomic E-state index is 0.942. The van der Waals surface area contributed by atoms with Crippen LogP contribution in [0.2, 0.25) is 0 Å². The lowest BCUT2D eigenvalue weighted by Crippen LogP contribution is -1.97. The van der Waals surface area contributed by atoms with E-state index in [2.05, 4.69) is 52.1 Å². The van der Waals surface area contributed by atoms with Crippen molar-refractivity contribution in [3.8, 4) is 0 Å². The molecule has 0 radical (unpaired) electrons. The van der Waals surface area contributed by atoms with E-state index in [1.54, 1.807) is 0 Å². The Bertz CT molecular complexity index is 115. The van der Waals surface area contributed by atoms with Crippen LogP contribution in [0, 0.1) is 0 Å². The van der Waals surface area contributed by atoms with Crippen LogP contribution in [0.15, 0.2) is 0 Å². The largest absolute Gasteiger partial charge is 0.0864 e. The molecule has 15 heavy (non-hydrogen) atoms. The molecule has 1 atom stereocenters. The monoisotopic (exact) mass is 436 g/mol. The third-order valence-electron chi connectivity index (χ3n) is 2.77. The quantitative estimate of drug-likeness (QED) is 0.207. The zero-order valence-electron chi connectivity index (χ0n) is 10.1. The fraction of sp³-hybridized carbons (Fsp3) is 1.00. The Hall–Kier alpha value is 1.46. The van der Waals surface area contributed by atoms with Gasteiger partial charge >= 0.3 is 0 Å². The molecule has 0 aliphatic carbocycles. The molecule has 0 amide bonds. The zero-order valence-corrected chi connectivity index (χ0v) is 14.4. The lowest BCUT2D eigenvalue weighted by Gasteiger charge is -2.08. The van der Waals surface area contributed by atoms with E-state index in [1.165, 1.54) is 68.6 Å². The van der Waals surface area contributed by atoms with E-state index >= 15 is 0 Å². The molecule has 0 bridgehead atoms. The van der Waals surface area contributed by atoms with Gasteiger partial charge in [-0.1, -0.05) is 97.1 Å². The summed E-state index contributed by atoms with van der Waals surface area (Å²) >= 11 is 5.11. The van der Waals surface area contributed by atoms with Gasteiger partial charge in [0.05, 0.1) is 0 Å². The Morgan fingerprint density at radius 1 is 0.800 bits per heavy atom. The maximum atomic E-state index is 2.64. The van der Waals surface area contributed by atoms with Gasteiger partial charge in [-0.15, -0.1) is 0 Å². The van der Waals surface area contributed by atoms with Crippen molar-refractivity contribution in [3.63, 3.8) is 0 Å². The van der Waals surface area contributed by atoms with Crippen LogP contribution >= 0.6 is 45.2 Å². The Labute approximate surface area is 124 Å². The van der Waals surface area contributed by atoms with E-state index in [0.29, 0.717) is 0 Å². The van der Waals surface area contributed by atoms with Crippen molar-refractivity contribution >= 4 is 45.2 Å². The number of alkyl halides is 2. The highest BCUT2D eigenvalue weighted by molar-refractivity contribution is 14.1. The number of unbranched alkanes of at least 4 members (excludes halogenated alkanes) is 6. The molecule has 1 unspecified atom stereocenters. The lowest BCUT2D eigenvalue weighted by atomic mass is 10.1. The van der Waals surface area contributed by atoms with Gasteiger partial charge in [0.1, 0.15) is 0 Å². The third-order valence-corrected chi connectivity index (χ3v) is 4.78. The summed E-state index contributed by atoms with van der Waals surface area (Å²) in [5.74, 6) is 0. The molecule has 0 aromatic heterocycles. The normalized spacial score (nSPS) is 13.0. The maximum Gasteiger partial charge on any atom is 0.0110 e. The molecule has 0 aromatic rings. The number of halogens is 2. The minimum atomic E-state index is 0.942. The number of hydrogen-bond donors (Lipinski definition) is 0. The molecule has 0 aliphatic rings. The van der Waals surface area contributed by atoms with Crippen LogP contribution < -0.4 is 0 Å². The van der Waals surface area contributed by atoms with Crippen molar-refractivity contribution in [2.75, 3.05) is 4.43 Å². The summed E-state index contributed by atoms with van der Waals surface area (Å²) in [6, 6.07) is 0. The summed E-state index contributed by atoms with van der Waals surface area (Å²) in [6.45, 7) is 2.29. The van der Waals surface area contributed by atoms with Gasteiger partial charge < -0.3 is 0 Å². The summed E-state index contributed by atoms with van der Waals surface area (Å²) < 4.78 is 2.28. The molecule has 92 valence electrons. The fourth-order valence-electron chi connectivity index (χ4n) is 1.74. The highest BCUT2D eigenvalue weighted by atomic mass is 127. The lowest BCUT2D eigenvalue weighted by molar-refractivity contribution is 0.571. The SMILES string of the molecule is CCCCC(I)CCCCCCCCI. The van der Waals surface area contributed by atoms with E-state index in [9.17, 15) is 0 Å². The van der Waals surface area contributed by atoms with Gasteiger partial charge in [-0.2, -0.15) is 0 Å². The molecular weight excluding hydrogens is 410 g/mol. The number of rotatable bonds is 11. The van der Waals surface area contributed by atoms with Gasteiger partial charge in [0.15, 0.2) is 0 Å². The van der Waals surface area contributed by atoms with Crippen LogP contribution in [0.25, 0.3) is 0 Å². The van der Waals surface area contributed by atoms with Crippen molar-refractivity contribution in [1.82, 2.24) is 0 Å². The van der Waals surface area contributed by atoms with Gasteiger partial charge in [-0.3, -0.25) is 0 Å². The van der Waals surface area contributed by atoms with Gasteiger partial charge in [0.2, 0.25) is 0 Å². The molecule has 0 aromatic carbocycles. The summed E-state index contributed by atoms with van der Waals surface area (Å²) in [6.07, 6.45) is 14.4. The first-order valence-electron chi connectivity index (χ1n) is 6.51. The fourth-order valence-corrected chi connectivity index (χ4v) is 3.16. The average Bonchev–Trinajstić information content (AvgIpc) is 2.25. The van der Waals surface area contributed by atoms with Crippen molar-refractivity contribution in [2.24, 2.45) is 0 Å². The number of hydrogen-bond acceptors (Lipinski definition) is 0. The molecule has 0 spiro atoms. The van der Waals surface area contributed by atoms with Crippen LogP contribution in [0.3, 0.4) is 0 Å². The summed E-state index contributed by atoms with van der Waals surface area (Å²) in [7, 11) is 0. The first-order chi connectivity index (χ1) is 7.31. The Morgan fingerprint density at radius 3 is 1.93 bits per heavy atom. The molecule has 0 N–H and O–H groups in total. The summed E-state index contributed by atoms with van der Waals surface area (Å²) in [5.41, 5.74) is 0. The maximum absolute atomic E-state index is 2.64. The van der Waals surface area contributed by atoms with Gasteiger partial charge in [0, 0.05) is 3.92 Å². The predicted molar refractivity (Wildman–Crippen MR) is 88.5 cm³/mol. The summed E-state index contributed by atoms with van der Waals surface area (Å²) in [4.78, 5) is 0. The molecule has 0 nitrogen and oxygen atoms in total. The Balaban J connectivity index is 3.02. The molecule has 0 fully saturated rings. The van der Waals surface area contributed by atoms with Crippen LogP contribution in [-0.4, -0.2) is 8.35 Å². The standard InChI is InChI=1S/C13H26I2/c1-2-3-10-13(15)11-8-6-4-5-7-9-12-14/h13H,2-12H2,1H3. The van der Waals surface area contributed by atoms with E-state index in [0.717, 1.165) is 3.92 Å². The average molecular weight is 436 g/mol. The third kappa shape index (κ3) is 13.4. The van der Waals surface area contributed by atoms with Crippen LogP contribution in [0.1, 0.15) is 71.1 Å². The Kier molecular flexibility index (Phi) is 14.8. The van der Waals surface area contributed by atoms with Crippen LogP contribution in [-0.2, 0) is 0 Å². The molecular formula is C13H26I2. The summed E-state index contributed by atoms with van der Waals surface area (Å²) in [5, 5.41) is 0. The molecule has 2 heteroatoms. The van der Waals surface area contributed by atoms with Crippen LogP contribution in [0.5, 0.6) is 0 Å². The van der Waals surface area contributed by atoms with Gasteiger partial charge in [0.25, 0.3) is 0 Å². The topological polar surface area (TPSA) is 0 Å². The highest BCUT2D eigenvalue weighted by Gasteiger charge is 2.02. The van der Waals surface area contributed by atoms with Crippen LogP contribution in [0.4, 0.5) is 0 Å². The Morgan fingerprint density at radius 2 is 1.33 bits per heavy atom. The second kappa shape index (κ2) is 13.5. The van der Waals surface area contributed by atoms with Gasteiger partial charge in [-0.25, -0.2) is 0 Å². The minimum Gasteiger partial charge on any atom is -0.0864 e. The van der Waals surface area contributed by atoms with Gasteiger partial charge in [-0.05, 0) is 23.7 Å². The van der Waals surface area contributed by atoms with Crippen molar-refractivity contribution in [3.05, 3.63) is 0 Å².